The van der Waals surface area contributed by atoms with Crippen LogP contribution in [0, 0.1) is 16.0 Å². The molecule has 0 aliphatic carbocycles. The van der Waals surface area contributed by atoms with E-state index in [2.05, 4.69) is 29.1 Å². The Kier molecular flexibility index (Phi) is 3.98. The van der Waals surface area contributed by atoms with Gasteiger partial charge in [0.05, 0.1) is 4.92 Å². The van der Waals surface area contributed by atoms with E-state index in [0.29, 0.717) is 12.5 Å². The molecular formula is C9H15N5O2. The molecule has 0 amide bonds. The Morgan fingerprint density at radius 2 is 2.25 bits per heavy atom. The fourth-order valence-electron chi connectivity index (χ4n) is 1.18. The highest BCUT2D eigenvalue weighted by molar-refractivity contribution is 5.67. The molecule has 16 heavy (non-hydrogen) atoms. The Morgan fingerprint density at radius 1 is 1.56 bits per heavy atom. The van der Waals surface area contributed by atoms with Crippen molar-refractivity contribution in [1.82, 2.24) is 9.97 Å². The number of hydrogen-bond acceptors (Lipinski definition) is 6. The average molecular weight is 225 g/mol. The lowest BCUT2D eigenvalue weighted by Crippen LogP contribution is -2.10. The van der Waals surface area contributed by atoms with Crippen molar-refractivity contribution < 1.29 is 4.92 Å². The molecular weight excluding hydrogens is 210 g/mol. The average Bonchev–Trinajstić information content (AvgIpc) is 2.16. The molecule has 0 aliphatic rings. The number of nitrogens with zero attached hydrogens (tertiary/aromatic N) is 3. The van der Waals surface area contributed by atoms with Crippen molar-refractivity contribution in [3.63, 3.8) is 0 Å². The molecule has 1 heterocycles. The van der Waals surface area contributed by atoms with Crippen LogP contribution >= 0.6 is 0 Å². The summed E-state index contributed by atoms with van der Waals surface area (Å²) in [7, 11) is 0. The first-order valence-corrected chi connectivity index (χ1v) is 5.01. The van der Waals surface area contributed by atoms with E-state index in [4.69, 9.17) is 5.73 Å². The number of anilines is 2. The van der Waals surface area contributed by atoms with Gasteiger partial charge in [-0.15, -0.1) is 0 Å². The standard InChI is InChI=1S/C9H15N5O2/c1-6(2)3-4-11-9-7(14(15)16)8(10)12-5-13-9/h5-6H,3-4H2,1-2H3,(H3,10,11,12,13). The van der Waals surface area contributed by atoms with Crippen LogP contribution in [0.25, 0.3) is 0 Å². The molecule has 0 spiro atoms. The van der Waals surface area contributed by atoms with E-state index in [1.807, 2.05) is 0 Å². The lowest BCUT2D eigenvalue weighted by Gasteiger charge is -2.08. The van der Waals surface area contributed by atoms with Gasteiger partial charge in [0.1, 0.15) is 6.33 Å². The number of hydrogen-bond donors (Lipinski definition) is 2. The van der Waals surface area contributed by atoms with Crippen LogP contribution in [0.15, 0.2) is 6.33 Å². The summed E-state index contributed by atoms with van der Waals surface area (Å²) in [6, 6.07) is 0. The predicted octanol–water partition coefficient (Wildman–Crippen LogP) is 1.42. The van der Waals surface area contributed by atoms with E-state index < -0.39 is 4.92 Å². The maximum absolute atomic E-state index is 10.7. The van der Waals surface area contributed by atoms with Gasteiger partial charge in [0.2, 0.25) is 11.6 Å². The van der Waals surface area contributed by atoms with Gasteiger partial charge < -0.3 is 11.1 Å². The van der Waals surface area contributed by atoms with Crippen molar-refractivity contribution >= 4 is 17.3 Å². The second kappa shape index (κ2) is 5.24. The van der Waals surface area contributed by atoms with E-state index in [9.17, 15) is 10.1 Å². The maximum Gasteiger partial charge on any atom is 0.352 e. The number of nitrogens with one attached hydrogen (secondary N) is 1. The molecule has 0 atom stereocenters. The molecule has 0 aromatic carbocycles. The Hall–Kier alpha value is -1.92. The molecule has 0 fully saturated rings. The Morgan fingerprint density at radius 3 is 2.81 bits per heavy atom. The molecule has 88 valence electrons. The zero-order valence-electron chi connectivity index (χ0n) is 9.30. The third-order valence-electron chi connectivity index (χ3n) is 2.05. The van der Waals surface area contributed by atoms with E-state index in [1.165, 1.54) is 6.33 Å². The summed E-state index contributed by atoms with van der Waals surface area (Å²) in [5.74, 6) is 0.580. The van der Waals surface area contributed by atoms with Crippen molar-refractivity contribution in [2.24, 2.45) is 5.92 Å². The summed E-state index contributed by atoms with van der Waals surface area (Å²) in [5, 5.41) is 13.6. The van der Waals surface area contributed by atoms with Crippen LogP contribution in [0.3, 0.4) is 0 Å². The molecule has 3 N–H and O–H groups in total. The third-order valence-corrected chi connectivity index (χ3v) is 2.05. The molecule has 1 rings (SSSR count). The van der Waals surface area contributed by atoms with E-state index >= 15 is 0 Å². The number of nitro groups is 1. The second-order valence-corrected chi connectivity index (χ2v) is 3.82. The molecule has 0 saturated carbocycles. The van der Waals surface area contributed by atoms with Crippen molar-refractivity contribution in [2.45, 2.75) is 20.3 Å². The quantitative estimate of drug-likeness (QED) is 0.579. The summed E-state index contributed by atoms with van der Waals surface area (Å²) in [6.07, 6.45) is 2.11. The fraction of sp³-hybridized carbons (Fsp3) is 0.556. The van der Waals surface area contributed by atoms with Crippen LogP contribution in [0.1, 0.15) is 20.3 Å². The van der Waals surface area contributed by atoms with E-state index in [-0.39, 0.29) is 17.3 Å². The Bertz CT molecular complexity index is 380. The van der Waals surface area contributed by atoms with Crippen LogP contribution in [0.4, 0.5) is 17.3 Å². The van der Waals surface area contributed by atoms with Crippen molar-refractivity contribution in [1.29, 1.82) is 0 Å². The van der Waals surface area contributed by atoms with Crippen molar-refractivity contribution in [3.05, 3.63) is 16.4 Å². The Labute approximate surface area is 93.2 Å². The van der Waals surface area contributed by atoms with Crippen LogP contribution in [0.2, 0.25) is 0 Å². The van der Waals surface area contributed by atoms with E-state index in [0.717, 1.165) is 6.42 Å². The van der Waals surface area contributed by atoms with E-state index in [1.54, 1.807) is 0 Å². The first-order valence-electron chi connectivity index (χ1n) is 5.01. The SMILES string of the molecule is CC(C)CCNc1ncnc(N)c1[N+](=O)[O-]. The minimum atomic E-state index is -0.576. The first kappa shape index (κ1) is 12.2. The summed E-state index contributed by atoms with van der Waals surface area (Å²) >= 11 is 0. The Balaban J connectivity index is 2.79. The second-order valence-electron chi connectivity index (χ2n) is 3.82. The maximum atomic E-state index is 10.7. The molecule has 0 bridgehead atoms. The minimum absolute atomic E-state index is 0.118. The third kappa shape index (κ3) is 3.04. The van der Waals surface area contributed by atoms with Gasteiger partial charge in [0.25, 0.3) is 0 Å². The summed E-state index contributed by atoms with van der Waals surface area (Å²) in [5.41, 5.74) is 5.16. The first-order chi connectivity index (χ1) is 7.52. The highest BCUT2D eigenvalue weighted by Gasteiger charge is 2.20. The van der Waals surface area contributed by atoms with Gasteiger partial charge in [-0.05, 0) is 12.3 Å². The largest absolute Gasteiger partial charge is 0.378 e. The van der Waals surface area contributed by atoms with Gasteiger partial charge >= 0.3 is 5.69 Å². The van der Waals surface area contributed by atoms with Crippen molar-refractivity contribution in [3.8, 4) is 0 Å². The highest BCUT2D eigenvalue weighted by Crippen LogP contribution is 2.26. The van der Waals surface area contributed by atoms with Crippen LogP contribution < -0.4 is 11.1 Å². The zero-order chi connectivity index (χ0) is 12.1. The van der Waals surface area contributed by atoms with Crippen LogP contribution in [0.5, 0.6) is 0 Å². The molecule has 1 aromatic rings. The molecule has 0 radical (unpaired) electrons. The monoisotopic (exact) mass is 225 g/mol. The van der Waals surface area contributed by atoms with Crippen LogP contribution in [-0.4, -0.2) is 21.4 Å². The summed E-state index contributed by atoms with van der Waals surface area (Å²) in [4.78, 5) is 17.6. The molecule has 0 unspecified atom stereocenters. The fourth-order valence-corrected chi connectivity index (χ4v) is 1.18. The number of rotatable bonds is 5. The van der Waals surface area contributed by atoms with Gasteiger partial charge in [-0.25, -0.2) is 9.97 Å². The smallest absolute Gasteiger partial charge is 0.352 e. The van der Waals surface area contributed by atoms with Gasteiger partial charge in [0, 0.05) is 6.54 Å². The minimum Gasteiger partial charge on any atom is -0.378 e. The molecule has 0 aliphatic heterocycles. The molecule has 7 heteroatoms. The van der Waals surface area contributed by atoms with Gasteiger partial charge in [0.15, 0.2) is 0 Å². The molecule has 7 nitrogen and oxygen atoms in total. The topological polar surface area (TPSA) is 107 Å². The summed E-state index contributed by atoms with van der Waals surface area (Å²) in [6.45, 7) is 4.77. The lowest BCUT2D eigenvalue weighted by molar-refractivity contribution is -0.383. The molecule has 0 saturated heterocycles. The van der Waals surface area contributed by atoms with Crippen LogP contribution in [-0.2, 0) is 0 Å². The number of nitrogens with two attached hydrogens (primary N) is 1. The van der Waals surface area contributed by atoms with Gasteiger partial charge in [-0.3, -0.25) is 10.1 Å². The molecule has 1 aromatic heterocycles. The van der Waals surface area contributed by atoms with Crippen molar-refractivity contribution in [2.75, 3.05) is 17.6 Å². The number of aromatic nitrogens is 2. The predicted molar refractivity (Wildman–Crippen MR) is 61.0 cm³/mol. The zero-order valence-corrected chi connectivity index (χ0v) is 9.30. The number of nitrogen functional groups attached to an aromatic ring is 1. The van der Waals surface area contributed by atoms with Gasteiger partial charge in [-0.1, -0.05) is 13.8 Å². The highest BCUT2D eigenvalue weighted by atomic mass is 16.6. The lowest BCUT2D eigenvalue weighted by atomic mass is 10.1. The normalized spacial score (nSPS) is 10.4. The van der Waals surface area contributed by atoms with Gasteiger partial charge in [-0.2, -0.15) is 0 Å². The summed E-state index contributed by atoms with van der Waals surface area (Å²) < 4.78 is 0.